The molecule has 0 fully saturated rings. The van der Waals surface area contributed by atoms with Gasteiger partial charge in [-0.1, -0.05) is 35.9 Å². The Bertz CT molecular complexity index is 605. The number of rotatable bonds is 2. The fourth-order valence-corrected chi connectivity index (χ4v) is 1.69. The second kappa shape index (κ2) is 6.02. The van der Waals surface area contributed by atoms with Crippen LogP contribution in [0.15, 0.2) is 54.6 Å². The van der Waals surface area contributed by atoms with Crippen LogP contribution in [0.4, 0.5) is 5.69 Å². The third kappa shape index (κ3) is 3.23. The molecule has 1 amide bonds. The van der Waals surface area contributed by atoms with Gasteiger partial charge in [-0.25, -0.2) is 4.79 Å². The summed E-state index contributed by atoms with van der Waals surface area (Å²) < 4.78 is 0. The van der Waals surface area contributed by atoms with E-state index in [0.717, 1.165) is 10.6 Å². The molecular weight excluding hydrogens is 254 g/mol. The highest BCUT2D eigenvalue weighted by atomic mass is 16.7. The van der Waals surface area contributed by atoms with Crippen molar-refractivity contribution < 1.29 is 14.4 Å². The Morgan fingerprint density at radius 2 is 1.55 bits per heavy atom. The van der Waals surface area contributed by atoms with E-state index in [0.29, 0.717) is 11.3 Å². The number of hydrogen-bond donors (Lipinski definition) is 0. The zero-order chi connectivity index (χ0) is 14.5. The van der Waals surface area contributed by atoms with Gasteiger partial charge in [0.2, 0.25) is 0 Å². The lowest BCUT2D eigenvalue weighted by molar-refractivity contribution is -0.122. The van der Waals surface area contributed by atoms with Crippen LogP contribution >= 0.6 is 0 Å². The van der Waals surface area contributed by atoms with Gasteiger partial charge in [-0.3, -0.25) is 4.79 Å². The Kier molecular flexibility index (Phi) is 4.15. The minimum absolute atomic E-state index is 0.364. The predicted octanol–water partition coefficient (Wildman–Crippen LogP) is 3.12. The molecule has 0 unspecified atom stereocenters. The van der Waals surface area contributed by atoms with Gasteiger partial charge in [-0.05, 0) is 31.2 Å². The summed E-state index contributed by atoms with van der Waals surface area (Å²) in [5, 5.41) is 0.988. The molecule has 0 aliphatic carbocycles. The summed E-state index contributed by atoms with van der Waals surface area (Å²) in [4.78, 5) is 28.8. The SMILES string of the molecule is CC(=O)N(OC(=O)c1ccc(C)cc1)c1ccccc1. The number of carbonyl (C=O) groups excluding carboxylic acids is 2. The van der Waals surface area contributed by atoms with Gasteiger partial charge in [0.15, 0.2) is 0 Å². The summed E-state index contributed by atoms with van der Waals surface area (Å²) in [6.45, 7) is 3.27. The number of aryl methyl sites for hydroxylation is 1. The highest BCUT2D eigenvalue weighted by Gasteiger charge is 2.18. The molecule has 20 heavy (non-hydrogen) atoms. The Balaban J connectivity index is 2.19. The van der Waals surface area contributed by atoms with Crippen molar-refractivity contribution in [1.82, 2.24) is 0 Å². The number of amides is 1. The standard InChI is InChI=1S/C16H15NO3/c1-12-8-10-14(11-9-12)16(19)20-17(13(2)18)15-6-4-3-5-7-15/h3-11H,1-2H3. The van der Waals surface area contributed by atoms with Crippen LogP contribution < -0.4 is 5.06 Å². The lowest BCUT2D eigenvalue weighted by Crippen LogP contribution is -2.31. The number of nitrogens with zero attached hydrogens (tertiary/aromatic N) is 1. The molecule has 0 spiro atoms. The fraction of sp³-hybridized carbons (Fsp3) is 0.125. The second-order valence-electron chi connectivity index (χ2n) is 4.39. The first kappa shape index (κ1) is 13.8. The number of carbonyl (C=O) groups is 2. The summed E-state index contributed by atoms with van der Waals surface area (Å²) in [6, 6.07) is 15.7. The lowest BCUT2D eigenvalue weighted by Gasteiger charge is -2.19. The molecule has 4 nitrogen and oxygen atoms in total. The smallest absolute Gasteiger partial charge is 0.328 e. The van der Waals surface area contributed by atoms with Crippen LogP contribution in [0.3, 0.4) is 0 Å². The molecule has 0 atom stereocenters. The van der Waals surface area contributed by atoms with Crippen molar-refractivity contribution in [1.29, 1.82) is 0 Å². The third-order valence-electron chi connectivity index (χ3n) is 2.74. The highest BCUT2D eigenvalue weighted by molar-refractivity contribution is 5.96. The average Bonchev–Trinajstić information content (AvgIpc) is 2.46. The Morgan fingerprint density at radius 3 is 2.10 bits per heavy atom. The van der Waals surface area contributed by atoms with Crippen LogP contribution in [-0.2, 0) is 9.63 Å². The van der Waals surface area contributed by atoms with E-state index >= 15 is 0 Å². The number of hydrogen-bond acceptors (Lipinski definition) is 3. The van der Waals surface area contributed by atoms with Gasteiger partial charge in [-0.2, -0.15) is 0 Å². The molecule has 0 N–H and O–H groups in total. The highest BCUT2D eigenvalue weighted by Crippen LogP contribution is 2.16. The molecule has 2 aromatic carbocycles. The third-order valence-corrected chi connectivity index (χ3v) is 2.74. The van der Waals surface area contributed by atoms with Gasteiger partial charge < -0.3 is 4.84 Å². The summed E-state index contributed by atoms with van der Waals surface area (Å²) in [6.07, 6.45) is 0. The maximum atomic E-state index is 12.0. The summed E-state index contributed by atoms with van der Waals surface area (Å²) in [5.41, 5.74) is 1.96. The van der Waals surface area contributed by atoms with E-state index in [1.807, 2.05) is 25.1 Å². The van der Waals surface area contributed by atoms with Crippen LogP contribution in [0.1, 0.15) is 22.8 Å². The lowest BCUT2D eigenvalue weighted by atomic mass is 10.2. The molecule has 0 aliphatic heterocycles. The van der Waals surface area contributed by atoms with Gasteiger partial charge in [0.1, 0.15) is 0 Å². The minimum Gasteiger partial charge on any atom is -0.328 e. The maximum Gasteiger partial charge on any atom is 0.363 e. The van der Waals surface area contributed by atoms with E-state index in [4.69, 9.17) is 4.84 Å². The van der Waals surface area contributed by atoms with E-state index in [-0.39, 0.29) is 5.91 Å². The van der Waals surface area contributed by atoms with E-state index in [1.54, 1.807) is 36.4 Å². The molecule has 0 heterocycles. The first-order valence-electron chi connectivity index (χ1n) is 6.22. The van der Waals surface area contributed by atoms with Crippen molar-refractivity contribution in [3.05, 3.63) is 65.7 Å². The predicted molar refractivity (Wildman–Crippen MR) is 76.2 cm³/mol. The van der Waals surface area contributed by atoms with Crippen LogP contribution in [0.25, 0.3) is 0 Å². The molecule has 0 aliphatic rings. The zero-order valence-electron chi connectivity index (χ0n) is 11.4. The van der Waals surface area contributed by atoms with Crippen molar-refractivity contribution in [2.24, 2.45) is 0 Å². The van der Waals surface area contributed by atoms with E-state index < -0.39 is 5.97 Å². The molecular formula is C16H15NO3. The first-order chi connectivity index (χ1) is 9.58. The zero-order valence-corrected chi connectivity index (χ0v) is 11.4. The number of hydroxylamine groups is 1. The van der Waals surface area contributed by atoms with Crippen LogP contribution in [-0.4, -0.2) is 11.9 Å². The minimum atomic E-state index is -0.566. The van der Waals surface area contributed by atoms with Gasteiger partial charge >= 0.3 is 5.97 Å². The fourth-order valence-electron chi connectivity index (χ4n) is 1.69. The Morgan fingerprint density at radius 1 is 0.950 bits per heavy atom. The summed E-state index contributed by atoms with van der Waals surface area (Å²) in [7, 11) is 0. The molecule has 0 saturated heterocycles. The largest absolute Gasteiger partial charge is 0.363 e. The van der Waals surface area contributed by atoms with Crippen molar-refractivity contribution in [2.45, 2.75) is 13.8 Å². The van der Waals surface area contributed by atoms with E-state index in [1.165, 1.54) is 6.92 Å². The number of benzene rings is 2. The van der Waals surface area contributed by atoms with Gasteiger partial charge in [0, 0.05) is 6.92 Å². The number of anilines is 1. The van der Waals surface area contributed by atoms with E-state index in [2.05, 4.69) is 0 Å². The molecule has 2 aromatic rings. The summed E-state index contributed by atoms with van der Waals surface area (Å²) in [5.74, 6) is -0.930. The monoisotopic (exact) mass is 269 g/mol. The van der Waals surface area contributed by atoms with Crippen molar-refractivity contribution in [3.63, 3.8) is 0 Å². The molecule has 102 valence electrons. The Hall–Kier alpha value is -2.62. The second-order valence-corrected chi connectivity index (χ2v) is 4.39. The van der Waals surface area contributed by atoms with Crippen molar-refractivity contribution in [3.8, 4) is 0 Å². The molecule has 2 rings (SSSR count). The van der Waals surface area contributed by atoms with Crippen LogP contribution in [0.5, 0.6) is 0 Å². The molecule has 0 bridgehead atoms. The maximum absolute atomic E-state index is 12.0. The molecule has 4 heteroatoms. The van der Waals surface area contributed by atoms with E-state index in [9.17, 15) is 9.59 Å². The van der Waals surface area contributed by atoms with Crippen LogP contribution in [0.2, 0.25) is 0 Å². The van der Waals surface area contributed by atoms with Crippen molar-refractivity contribution in [2.75, 3.05) is 5.06 Å². The molecule has 0 aromatic heterocycles. The van der Waals surface area contributed by atoms with Crippen molar-refractivity contribution >= 4 is 17.6 Å². The topological polar surface area (TPSA) is 46.6 Å². The molecule has 0 radical (unpaired) electrons. The quantitative estimate of drug-likeness (QED) is 0.787. The van der Waals surface area contributed by atoms with Crippen LogP contribution in [0, 0.1) is 6.92 Å². The molecule has 0 saturated carbocycles. The van der Waals surface area contributed by atoms with Gasteiger partial charge in [-0.15, -0.1) is 5.06 Å². The average molecular weight is 269 g/mol. The number of para-hydroxylation sites is 1. The normalized spacial score (nSPS) is 9.90. The Labute approximate surface area is 117 Å². The first-order valence-corrected chi connectivity index (χ1v) is 6.22. The van der Waals surface area contributed by atoms with Gasteiger partial charge in [0.05, 0.1) is 11.3 Å². The van der Waals surface area contributed by atoms with Gasteiger partial charge in [0.25, 0.3) is 5.91 Å². The summed E-state index contributed by atoms with van der Waals surface area (Å²) >= 11 is 0.